The molecule has 2 rings (SSSR count). The van der Waals surface area contributed by atoms with E-state index >= 15 is 0 Å². The molecule has 0 spiro atoms. The first kappa shape index (κ1) is 18.0. The van der Waals surface area contributed by atoms with Crippen LogP contribution in [0.4, 0.5) is 0 Å². The third kappa shape index (κ3) is 3.78. The molecule has 0 aliphatic carbocycles. The van der Waals surface area contributed by atoms with E-state index in [1.807, 2.05) is 30.0 Å². The summed E-state index contributed by atoms with van der Waals surface area (Å²) in [5.41, 5.74) is 1.63. The second-order valence-corrected chi connectivity index (χ2v) is 6.57. The van der Waals surface area contributed by atoms with E-state index in [9.17, 15) is 4.79 Å². The lowest BCUT2D eigenvalue weighted by molar-refractivity contribution is 0.0560. The van der Waals surface area contributed by atoms with Crippen molar-refractivity contribution in [3.8, 4) is 0 Å². The highest BCUT2D eigenvalue weighted by Crippen LogP contribution is 2.29. The summed E-state index contributed by atoms with van der Waals surface area (Å²) >= 11 is 3.47. The van der Waals surface area contributed by atoms with Crippen molar-refractivity contribution >= 4 is 32.8 Å². The molecule has 0 saturated heterocycles. The largest absolute Gasteiger partial charge is 0.451 e. The molecule has 0 N–H and O–H groups in total. The number of nitrogens with zero attached hydrogens (tertiary/aromatic N) is 1. The number of benzene rings is 1. The molecule has 126 valence electrons. The van der Waals surface area contributed by atoms with Crippen LogP contribution in [-0.2, 0) is 4.74 Å². The second kappa shape index (κ2) is 7.97. The Morgan fingerprint density at radius 2 is 2.04 bits per heavy atom. The molecular formula is C18H24BrNO3. The van der Waals surface area contributed by atoms with Crippen molar-refractivity contribution in [1.29, 1.82) is 0 Å². The summed E-state index contributed by atoms with van der Waals surface area (Å²) < 4.78 is 12.0. The number of carbonyl (C=O) groups is 1. The van der Waals surface area contributed by atoms with Crippen molar-refractivity contribution in [1.82, 2.24) is 4.90 Å². The number of hydrogen-bond acceptors (Lipinski definition) is 3. The van der Waals surface area contributed by atoms with Gasteiger partial charge in [0.15, 0.2) is 5.76 Å². The summed E-state index contributed by atoms with van der Waals surface area (Å²) in [5.74, 6) is 0.377. The van der Waals surface area contributed by atoms with Gasteiger partial charge in [0.1, 0.15) is 5.58 Å². The molecule has 2 aromatic rings. The third-order valence-electron chi connectivity index (χ3n) is 4.27. The number of carbonyl (C=O) groups excluding carboxylic acids is 1. The Kier molecular flexibility index (Phi) is 6.25. The molecule has 1 amide bonds. The lowest BCUT2D eigenvalue weighted by Crippen LogP contribution is -2.41. The van der Waals surface area contributed by atoms with Gasteiger partial charge in [-0.3, -0.25) is 4.79 Å². The fourth-order valence-electron chi connectivity index (χ4n) is 2.90. The molecule has 1 aromatic carbocycles. The van der Waals surface area contributed by atoms with Crippen LogP contribution in [-0.4, -0.2) is 37.1 Å². The number of fused-ring (bicyclic) bond motifs is 1. The Hall–Kier alpha value is -1.33. The van der Waals surface area contributed by atoms with E-state index in [4.69, 9.17) is 9.15 Å². The van der Waals surface area contributed by atoms with Crippen LogP contribution in [0.3, 0.4) is 0 Å². The molecule has 0 radical (unpaired) electrons. The van der Waals surface area contributed by atoms with Crippen LogP contribution in [0.25, 0.3) is 11.0 Å². The summed E-state index contributed by atoms with van der Waals surface area (Å²) in [6, 6.07) is 5.99. The van der Waals surface area contributed by atoms with Gasteiger partial charge < -0.3 is 14.1 Å². The van der Waals surface area contributed by atoms with E-state index in [1.165, 1.54) is 0 Å². The Morgan fingerprint density at radius 1 is 1.35 bits per heavy atom. The van der Waals surface area contributed by atoms with Gasteiger partial charge in [-0.15, -0.1) is 0 Å². The molecule has 1 aromatic heterocycles. The zero-order valence-electron chi connectivity index (χ0n) is 14.2. The van der Waals surface area contributed by atoms with Crippen molar-refractivity contribution in [3.05, 3.63) is 34.0 Å². The van der Waals surface area contributed by atoms with E-state index in [1.54, 1.807) is 7.11 Å². The Balaban J connectivity index is 2.40. The van der Waals surface area contributed by atoms with Gasteiger partial charge in [-0.1, -0.05) is 29.8 Å². The number of halogens is 1. The van der Waals surface area contributed by atoms with Crippen molar-refractivity contribution in [2.75, 3.05) is 20.3 Å². The monoisotopic (exact) mass is 381 g/mol. The van der Waals surface area contributed by atoms with Gasteiger partial charge in [0, 0.05) is 35.1 Å². The van der Waals surface area contributed by atoms with Crippen LogP contribution < -0.4 is 0 Å². The normalized spacial score (nSPS) is 11.4. The van der Waals surface area contributed by atoms with Crippen LogP contribution in [0, 0.1) is 6.92 Å². The maximum absolute atomic E-state index is 13.1. The van der Waals surface area contributed by atoms with Crippen molar-refractivity contribution in [2.45, 2.75) is 39.7 Å². The molecule has 1 heterocycles. The highest BCUT2D eigenvalue weighted by Gasteiger charge is 2.27. The molecule has 23 heavy (non-hydrogen) atoms. The molecular weight excluding hydrogens is 358 g/mol. The summed E-state index contributed by atoms with van der Waals surface area (Å²) in [7, 11) is 1.65. The van der Waals surface area contributed by atoms with Crippen LogP contribution in [0.2, 0.25) is 0 Å². The van der Waals surface area contributed by atoms with E-state index in [0.29, 0.717) is 18.9 Å². The van der Waals surface area contributed by atoms with Gasteiger partial charge in [0.2, 0.25) is 0 Å². The van der Waals surface area contributed by atoms with E-state index in [0.717, 1.165) is 33.8 Å². The molecule has 5 heteroatoms. The van der Waals surface area contributed by atoms with Gasteiger partial charge in [-0.2, -0.15) is 0 Å². The zero-order valence-corrected chi connectivity index (χ0v) is 15.8. The van der Waals surface area contributed by atoms with Gasteiger partial charge in [0.25, 0.3) is 5.91 Å². The standard InChI is InChI=1S/C18H24BrNO3/c1-5-14(6-2)20(9-10-22-4)18(21)17-12(3)15-11-13(19)7-8-16(15)23-17/h7-8,11,14H,5-6,9-10H2,1-4H3. The first-order valence-corrected chi connectivity index (χ1v) is 8.81. The summed E-state index contributed by atoms with van der Waals surface area (Å²) in [6.45, 7) is 7.23. The Morgan fingerprint density at radius 3 is 2.65 bits per heavy atom. The SMILES string of the molecule is CCC(CC)N(CCOC)C(=O)c1oc2ccc(Br)cc2c1C. The summed E-state index contributed by atoms with van der Waals surface area (Å²) in [4.78, 5) is 14.9. The third-order valence-corrected chi connectivity index (χ3v) is 4.77. The molecule has 4 nitrogen and oxygen atoms in total. The first-order valence-electron chi connectivity index (χ1n) is 8.02. The molecule has 0 saturated carbocycles. The van der Waals surface area contributed by atoms with Gasteiger partial charge in [-0.05, 0) is 38.0 Å². The fourth-order valence-corrected chi connectivity index (χ4v) is 3.26. The lowest BCUT2D eigenvalue weighted by atomic mass is 10.1. The molecule has 0 unspecified atom stereocenters. The first-order chi connectivity index (χ1) is 11.0. The Labute approximate surface area is 145 Å². The number of amides is 1. The molecule has 0 fully saturated rings. The molecule has 0 aliphatic rings. The molecule has 0 atom stereocenters. The van der Waals surface area contributed by atoms with Gasteiger partial charge in [-0.25, -0.2) is 0 Å². The van der Waals surface area contributed by atoms with Crippen molar-refractivity contribution in [3.63, 3.8) is 0 Å². The maximum atomic E-state index is 13.1. The minimum Gasteiger partial charge on any atom is -0.451 e. The summed E-state index contributed by atoms with van der Waals surface area (Å²) in [5, 5.41) is 0.971. The number of ether oxygens (including phenoxy) is 1. The lowest BCUT2D eigenvalue weighted by Gasteiger charge is -2.29. The predicted molar refractivity (Wildman–Crippen MR) is 95.9 cm³/mol. The number of aryl methyl sites for hydroxylation is 1. The summed E-state index contributed by atoms with van der Waals surface area (Å²) in [6.07, 6.45) is 1.83. The van der Waals surface area contributed by atoms with Crippen LogP contribution in [0.15, 0.2) is 27.1 Å². The second-order valence-electron chi connectivity index (χ2n) is 5.66. The quantitative estimate of drug-likeness (QED) is 0.692. The average molecular weight is 382 g/mol. The number of furan rings is 1. The number of methoxy groups -OCH3 is 1. The topological polar surface area (TPSA) is 42.7 Å². The number of hydrogen-bond donors (Lipinski definition) is 0. The van der Waals surface area contributed by atoms with E-state index in [-0.39, 0.29) is 11.9 Å². The van der Waals surface area contributed by atoms with Gasteiger partial charge >= 0.3 is 0 Å². The average Bonchev–Trinajstić information content (AvgIpc) is 2.87. The smallest absolute Gasteiger partial charge is 0.290 e. The van der Waals surface area contributed by atoms with Crippen molar-refractivity contribution in [2.24, 2.45) is 0 Å². The molecule has 0 bridgehead atoms. The minimum absolute atomic E-state index is 0.0550. The van der Waals surface area contributed by atoms with Crippen LogP contribution in [0.5, 0.6) is 0 Å². The van der Waals surface area contributed by atoms with E-state index in [2.05, 4.69) is 29.8 Å². The van der Waals surface area contributed by atoms with Crippen molar-refractivity contribution < 1.29 is 13.9 Å². The highest BCUT2D eigenvalue weighted by molar-refractivity contribution is 9.10. The minimum atomic E-state index is -0.0550. The number of rotatable bonds is 7. The predicted octanol–water partition coefficient (Wildman–Crippen LogP) is 4.78. The highest BCUT2D eigenvalue weighted by atomic mass is 79.9. The van der Waals surface area contributed by atoms with Gasteiger partial charge in [0.05, 0.1) is 6.61 Å². The van der Waals surface area contributed by atoms with E-state index < -0.39 is 0 Å². The molecule has 0 aliphatic heterocycles. The Bertz CT molecular complexity index is 676. The zero-order chi connectivity index (χ0) is 17.0. The van der Waals surface area contributed by atoms with Crippen LogP contribution in [0.1, 0.15) is 42.8 Å². The fraction of sp³-hybridized carbons (Fsp3) is 0.500. The van der Waals surface area contributed by atoms with Crippen LogP contribution >= 0.6 is 15.9 Å². The maximum Gasteiger partial charge on any atom is 0.290 e.